The molecular formula is C14H11Br2NO2. The number of aryl methyl sites for hydroxylation is 1. The van der Waals surface area contributed by atoms with Crippen LogP contribution >= 0.6 is 31.9 Å². The Bertz CT molecular complexity index is 582. The molecule has 0 fully saturated rings. The molecule has 98 valence electrons. The first-order valence-electron chi connectivity index (χ1n) is 5.60. The van der Waals surface area contributed by atoms with E-state index in [0.717, 1.165) is 5.69 Å². The van der Waals surface area contributed by atoms with Crippen molar-refractivity contribution in [3.63, 3.8) is 0 Å². The van der Waals surface area contributed by atoms with Crippen LogP contribution in [-0.2, 0) is 0 Å². The van der Waals surface area contributed by atoms with Gasteiger partial charge in [0.1, 0.15) is 9.49 Å². The summed E-state index contributed by atoms with van der Waals surface area (Å²) in [7, 11) is 0. The van der Waals surface area contributed by atoms with Gasteiger partial charge in [0.25, 0.3) is 0 Å². The molecule has 0 aliphatic carbocycles. The van der Waals surface area contributed by atoms with Crippen LogP contribution in [0.1, 0.15) is 16.1 Å². The molecule has 0 bridgehead atoms. The van der Waals surface area contributed by atoms with Gasteiger partial charge in [0.15, 0.2) is 5.78 Å². The third-order valence-corrected chi connectivity index (χ3v) is 3.25. The largest absolute Gasteiger partial charge is 0.439 e. The van der Waals surface area contributed by atoms with Gasteiger partial charge in [-0.2, -0.15) is 0 Å². The zero-order valence-electron chi connectivity index (χ0n) is 10.1. The molecule has 0 amide bonds. The summed E-state index contributed by atoms with van der Waals surface area (Å²) in [6.07, 6.45) is 0. The van der Waals surface area contributed by atoms with Crippen molar-refractivity contribution in [3.8, 4) is 11.6 Å². The van der Waals surface area contributed by atoms with Crippen molar-refractivity contribution < 1.29 is 9.53 Å². The minimum atomic E-state index is -0.370. The van der Waals surface area contributed by atoms with Crippen LogP contribution in [0.3, 0.4) is 0 Å². The Labute approximate surface area is 128 Å². The molecule has 2 aromatic rings. The Balaban J connectivity index is 2.13. The van der Waals surface area contributed by atoms with Crippen LogP contribution in [0.15, 0.2) is 42.5 Å². The van der Waals surface area contributed by atoms with Crippen LogP contribution in [0.2, 0.25) is 0 Å². The summed E-state index contributed by atoms with van der Waals surface area (Å²) in [5.74, 6) is 1.16. The molecule has 0 radical (unpaired) electrons. The standard InChI is InChI=1S/C14H11Br2NO2/c1-9-3-2-4-12(17-9)19-11-7-5-10(6-8-11)13(18)14(15)16/h2-8,14H,1H3. The first kappa shape index (κ1) is 14.2. The number of carbonyl (C=O) groups is 1. The van der Waals surface area contributed by atoms with E-state index in [4.69, 9.17) is 4.74 Å². The van der Waals surface area contributed by atoms with Gasteiger partial charge < -0.3 is 4.74 Å². The number of aromatic nitrogens is 1. The molecule has 0 saturated carbocycles. The lowest BCUT2D eigenvalue weighted by Gasteiger charge is -2.06. The molecule has 1 aromatic heterocycles. The number of pyridine rings is 1. The van der Waals surface area contributed by atoms with Crippen molar-refractivity contribution in [2.24, 2.45) is 0 Å². The molecule has 0 spiro atoms. The number of hydrogen-bond acceptors (Lipinski definition) is 3. The number of Topliss-reactive ketones (excluding diaryl/α,β-unsaturated/α-hetero) is 1. The van der Waals surface area contributed by atoms with Gasteiger partial charge >= 0.3 is 0 Å². The summed E-state index contributed by atoms with van der Waals surface area (Å²) in [4.78, 5) is 16.0. The van der Waals surface area contributed by atoms with E-state index < -0.39 is 0 Å². The Morgan fingerprint density at radius 3 is 2.42 bits per heavy atom. The quantitative estimate of drug-likeness (QED) is 0.576. The third-order valence-electron chi connectivity index (χ3n) is 2.42. The number of carbonyl (C=O) groups excluding carboxylic acids is 1. The molecule has 1 heterocycles. The number of halogens is 2. The van der Waals surface area contributed by atoms with Crippen LogP contribution in [0.4, 0.5) is 0 Å². The first-order valence-corrected chi connectivity index (χ1v) is 7.43. The van der Waals surface area contributed by atoms with Crippen LogP contribution in [-0.4, -0.2) is 14.5 Å². The Morgan fingerprint density at radius 1 is 1.16 bits per heavy atom. The van der Waals surface area contributed by atoms with E-state index in [1.54, 1.807) is 30.3 Å². The number of benzene rings is 1. The second-order valence-electron chi connectivity index (χ2n) is 3.91. The average Bonchev–Trinajstić information content (AvgIpc) is 2.39. The predicted molar refractivity (Wildman–Crippen MR) is 81.5 cm³/mol. The van der Waals surface area contributed by atoms with Crippen LogP contribution in [0.25, 0.3) is 0 Å². The van der Waals surface area contributed by atoms with Crippen molar-refractivity contribution in [1.82, 2.24) is 4.98 Å². The SMILES string of the molecule is Cc1cccc(Oc2ccc(C(=O)C(Br)Br)cc2)n1. The topological polar surface area (TPSA) is 39.2 Å². The monoisotopic (exact) mass is 383 g/mol. The highest BCUT2D eigenvalue weighted by Crippen LogP contribution is 2.22. The molecule has 0 aliphatic rings. The maximum absolute atomic E-state index is 11.7. The smallest absolute Gasteiger partial charge is 0.219 e. The van der Waals surface area contributed by atoms with Crippen LogP contribution < -0.4 is 4.74 Å². The number of alkyl halides is 2. The Kier molecular flexibility index (Phi) is 4.71. The van der Waals surface area contributed by atoms with E-state index in [1.807, 2.05) is 19.1 Å². The lowest BCUT2D eigenvalue weighted by atomic mass is 10.1. The maximum Gasteiger partial charge on any atom is 0.219 e. The zero-order valence-corrected chi connectivity index (χ0v) is 13.3. The van der Waals surface area contributed by atoms with E-state index in [2.05, 4.69) is 36.8 Å². The summed E-state index contributed by atoms with van der Waals surface area (Å²) in [6.45, 7) is 1.90. The van der Waals surface area contributed by atoms with Gasteiger partial charge in [-0.25, -0.2) is 4.98 Å². The van der Waals surface area contributed by atoms with E-state index in [1.165, 1.54) is 0 Å². The summed E-state index contributed by atoms with van der Waals surface area (Å²) in [5.41, 5.74) is 1.51. The van der Waals surface area contributed by atoms with Crippen molar-refractivity contribution in [2.45, 2.75) is 10.7 Å². The molecule has 0 atom stereocenters. The van der Waals surface area contributed by atoms with Gasteiger partial charge in [-0.1, -0.05) is 37.9 Å². The van der Waals surface area contributed by atoms with Gasteiger partial charge in [-0.15, -0.1) is 0 Å². The van der Waals surface area contributed by atoms with Crippen molar-refractivity contribution in [3.05, 3.63) is 53.7 Å². The predicted octanol–water partition coefficient (Wildman–Crippen LogP) is 4.48. The maximum atomic E-state index is 11.7. The lowest BCUT2D eigenvalue weighted by Crippen LogP contribution is -2.06. The molecule has 0 saturated heterocycles. The van der Waals surface area contributed by atoms with Crippen LogP contribution in [0, 0.1) is 6.92 Å². The van der Waals surface area contributed by atoms with Gasteiger partial charge in [0, 0.05) is 17.3 Å². The van der Waals surface area contributed by atoms with E-state index in [0.29, 0.717) is 17.2 Å². The molecule has 3 nitrogen and oxygen atoms in total. The summed E-state index contributed by atoms with van der Waals surface area (Å²) in [5, 5.41) is 0. The zero-order chi connectivity index (χ0) is 13.8. The lowest BCUT2D eigenvalue weighted by molar-refractivity contribution is 0.101. The summed E-state index contributed by atoms with van der Waals surface area (Å²) in [6, 6.07) is 12.5. The number of rotatable bonds is 4. The minimum absolute atomic E-state index is 0.0276. The van der Waals surface area contributed by atoms with Gasteiger partial charge in [0.2, 0.25) is 5.88 Å². The average molecular weight is 385 g/mol. The van der Waals surface area contributed by atoms with Gasteiger partial charge in [-0.3, -0.25) is 4.79 Å². The fourth-order valence-corrected chi connectivity index (χ4v) is 2.04. The molecule has 0 aliphatic heterocycles. The molecule has 0 N–H and O–H groups in total. The molecule has 0 unspecified atom stereocenters. The number of ketones is 1. The van der Waals surface area contributed by atoms with Crippen molar-refractivity contribution in [2.75, 3.05) is 0 Å². The van der Waals surface area contributed by atoms with Gasteiger partial charge in [0.05, 0.1) is 0 Å². The summed E-state index contributed by atoms with van der Waals surface area (Å²) < 4.78 is 5.24. The highest BCUT2D eigenvalue weighted by atomic mass is 79.9. The highest BCUT2D eigenvalue weighted by Gasteiger charge is 2.13. The second kappa shape index (κ2) is 6.30. The minimum Gasteiger partial charge on any atom is -0.439 e. The Morgan fingerprint density at radius 2 is 1.84 bits per heavy atom. The normalized spacial score (nSPS) is 10.5. The molecule has 2 rings (SSSR count). The van der Waals surface area contributed by atoms with E-state index >= 15 is 0 Å². The number of ether oxygens (including phenoxy) is 1. The van der Waals surface area contributed by atoms with Crippen LogP contribution in [0.5, 0.6) is 11.6 Å². The fraction of sp³-hybridized carbons (Fsp3) is 0.143. The Hall–Kier alpha value is -1.20. The molecular weight excluding hydrogens is 374 g/mol. The van der Waals surface area contributed by atoms with E-state index in [9.17, 15) is 4.79 Å². The van der Waals surface area contributed by atoms with Crippen molar-refractivity contribution >= 4 is 37.6 Å². The molecule has 19 heavy (non-hydrogen) atoms. The number of hydrogen-bond donors (Lipinski definition) is 0. The molecule has 1 aromatic carbocycles. The van der Waals surface area contributed by atoms with Crippen molar-refractivity contribution in [1.29, 1.82) is 0 Å². The third kappa shape index (κ3) is 3.88. The fourth-order valence-electron chi connectivity index (χ4n) is 1.51. The van der Waals surface area contributed by atoms with E-state index in [-0.39, 0.29) is 9.52 Å². The highest BCUT2D eigenvalue weighted by molar-refractivity contribution is 9.25. The second-order valence-corrected chi connectivity index (χ2v) is 6.97. The molecule has 5 heteroatoms. The first-order chi connectivity index (χ1) is 9.06. The van der Waals surface area contributed by atoms with Gasteiger partial charge in [-0.05, 0) is 37.3 Å². The summed E-state index contributed by atoms with van der Waals surface area (Å²) >= 11 is 6.37. The number of nitrogens with zero attached hydrogens (tertiary/aromatic N) is 1.